The summed E-state index contributed by atoms with van der Waals surface area (Å²) in [5, 5.41) is 1.02. The van der Waals surface area contributed by atoms with E-state index in [1.54, 1.807) is 18.2 Å². The first-order valence-electron chi connectivity index (χ1n) is 4.55. The number of hydrogen-bond donors (Lipinski definition) is 0. The van der Waals surface area contributed by atoms with Gasteiger partial charge in [-0.05, 0) is 18.1 Å². The highest BCUT2D eigenvalue weighted by molar-refractivity contribution is 5.96. The molecule has 1 aromatic carbocycles. The molecular formula is C11H10FNO2. The van der Waals surface area contributed by atoms with E-state index >= 15 is 0 Å². The second kappa shape index (κ2) is 3.82. The van der Waals surface area contributed by atoms with Gasteiger partial charge in [0.25, 0.3) is 5.91 Å². The van der Waals surface area contributed by atoms with E-state index in [4.69, 9.17) is 4.84 Å². The lowest BCUT2D eigenvalue weighted by Crippen LogP contribution is -2.25. The van der Waals surface area contributed by atoms with Gasteiger partial charge in [-0.25, -0.2) is 4.39 Å². The minimum atomic E-state index is -0.511. The number of benzene rings is 1. The zero-order valence-electron chi connectivity index (χ0n) is 8.24. The SMILES string of the molecule is CON1C=CCc2cccc(F)c2C1=O. The molecule has 0 saturated heterocycles. The van der Waals surface area contributed by atoms with Gasteiger partial charge in [-0.1, -0.05) is 18.2 Å². The molecule has 15 heavy (non-hydrogen) atoms. The Balaban J connectivity index is 2.54. The maximum atomic E-state index is 13.5. The van der Waals surface area contributed by atoms with E-state index in [2.05, 4.69) is 0 Å². The molecule has 0 saturated carbocycles. The average Bonchev–Trinajstić information content (AvgIpc) is 2.39. The maximum Gasteiger partial charge on any atom is 0.284 e. The van der Waals surface area contributed by atoms with Gasteiger partial charge in [0.05, 0.1) is 12.7 Å². The third kappa shape index (κ3) is 1.64. The highest BCUT2D eigenvalue weighted by Crippen LogP contribution is 2.20. The standard InChI is InChI=1S/C11H10FNO2/c1-15-13-7-3-5-8-4-2-6-9(12)10(8)11(13)14/h2-4,6-7H,5H2,1H3. The number of carbonyl (C=O) groups excluding carboxylic acids is 1. The van der Waals surface area contributed by atoms with Crippen LogP contribution in [0.3, 0.4) is 0 Å². The number of allylic oxidation sites excluding steroid dienone is 1. The summed E-state index contributed by atoms with van der Waals surface area (Å²) in [4.78, 5) is 16.6. The van der Waals surface area contributed by atoms with Crippen LogP contribution in [0.1, 0.15) is 15.9 Å². The van der Waals surface area contributed by atoms with Crippen molar-refractivity contribution in [1.82, 2.24) is 5.06 Å². The highest BCUT2D eigenvalue weighted by Gasteiger charge is 2.22. The largest absolute Gasteiger partial charge is 0.284 e. The molecule has 0 aliphatic carbocycles. The monoisotopic (exact) mass is 207 g/mol. The second-order valence-electron chi connectivity index (χ2n) is 3.18. The second-order valence-corrected chi connectivity index (χ2v) is 3.18. The Hall–Kier alpha value is -1.68. The Morgan fingerprint density at radius 3 is 3.00 bits per heavy atom. The zero-order chi connectivity index (χ0) is 10.8. The molecule has 0 spiro atoms. The van der Waals surface area contributed by atoms with Crippen molar-refractivity contribution in [3.63, 3.8) is 0 Å². The summed E-state index contributed by atoms with van der Waals surface area (Å²) in [5.41, 5.74) is 0.764. The lowest BCUT2D eigenvalue weighted by molar-refractivity contribution is -0.0585. The molecular weight excluding hydrogens is 197 g/mol. The van der Waals surface area contributed by atoms with Crippen molar-refractivity contribution < 1.29 is 14.0 Å². The van der Waals surface area contributed by atoms with Crippen molar-refractivity contribution in [3.05, 3.63) is 47.4 Å². The molecule has 0 bridgehead atoms. The number of carbonyl (C=O) groups is 1. The number of amides is 1. The molecule has 0 fully saturated rings. The molecule has 78 valence electrons. The van der Waals surface area contributed by atoms with Crippen molar-refractivity contribution >= 4 is 5.91 Å². The Bertz CT molecular complexity index is 429. The summed E-state index contributed by atoms with van der Waals surface area (Å²) in [7, 11) is 1.37. The van der Waals surface area contributed by atoms with E-state index in [-0.39, 0.29) is 5.56 Å². The summed E-state index contributed by atoms with van der Waals surface area (Å²) in [5.74, 6) is -0.984. The first kappa shape index (κ1) is 9.86. The minimum Gasteiger partial charge on any atom is -0.270 e. The van der Waals surface area contributed by atoms with E-state index in [1.165, 1.54) is 19.4 Å². The Labute approximate surface area is 86.7 Å². The van der Waals surface area contributed by atoms with Gasteiger partial charge < -0.3 is 0 Å². The Kier molecular flexibility index (Phi) is 2.51. The first-order valence-corrected chi connectivity index (χ1v) is 4.55. The number of hydrogen-bond acceptors (Lipinski definition) is 2. The molecule has 0 atom stereocenters. The van der Waals surface area contributed by atoms with Crippen LogP contribution in [0, 0.1) is 5.82 Å². The molecule has 0 aromatic heterocycles. The van der Waals surface area contributed by atoms with Crippen LogP contribution in [0.15, 0.2) is 30.5 Å². The van der Waals surface area contributed by atoms with Crippen LogP contribution >= 0.6 is 0 Å². The minimum absolute atomic E-state index is 0.0874. The van der Waals surface area contributed by atoms with Crippen molar-refractivity contribution in [1.29, 1.82) is 0 Å². The van der Waals surface area contributed by atoms with Crippen LogP contribution in [0.4, 0.5) is 4.39 Å². The van der Waals surface area contributed by atoms with E-state index in [1.807, 2.05) is 0 Å². The molecule has 1 heterocycles. The smallest absolute Gasteiger partial charge is 0.270 e. The van der Waals surface area contributed by atoms with Gasteiger partial charge in [-0.3, -0.25) is 9.63 Å². The Morgan fingerprint density at radius 2 is 2.27 bits per heavy atom. The molecule has 1 aromatic rings. The van der Waals surface area contributed by atoms with Crippen LogP contribution in [0.25, 0.3) is 0 Å². The topological polar surface area (TPSA) is 29.5 Å². The Morgan fingerprint density at radius 1 is 1.47 bits per heavy atom. The quantitative estimate of drug-likeness (QED) is 0.703. The summed E-state index contributed by atoms with van der Waals surface area (Å²) >= 11 is 0. The normalized spacial score (nSPS) is 15.1. The van der Waals surface area contributed by atoms with Gasteiger partial charge in [-0.2, -0.15) is 5.06 Å². The molecule has 0 unspecified atom stereocenters. The highest BCUT2D eigenvalue weighted by atomic mass is 19.1. The fraction of sp³-hybridized carbons (Fsp3) is 0.182. The lowest BCUT2D eigenvalue weighted by Gasteiger charge is -2.14. The first-order chi connectivity index (χ1) is 7.24. The lowest BCUT2D eigenvalue weighted by atomic mass is 10.0. The van der Waals surface area contributed by atoms with Gasteiger partial charge in [0.2, 0.25) is 0 Å². The van der Waals surface area contributed by atoms with Crippen LogP contribution < -0.4 is 0 Å². The molecule has 1 amide bonds. The fourth-order valence-corrected chi connectivity index (χ4v) is 1.58. The number of nitrogens with zero attached hydrogens (tertiary/aromatic N) is 1. The van der Waals surface area contributed by atoms with Gasteiger partial charge in [-0.15, -0.1) is 0 Å². The predicted molar refractivity (Wildman–Crippen MR) is 52.4 cm³/mol. The van der Waals surface area contributed by atoms with Gasteiger partial charge in [0.1, 0.15) is 5.82 Å². The zero-order valence-corrected chi connectivity index (χ0v) is 8.24. The number of rotatable bonds is 1. The van der Waals surface area contributed by atoms with Crippen molar-refractivity contribution in [2.45, 2.75) is 6.42 Å². The molecule has 1 aliphatic rings. The number of halogens is 1. The molecule has 2 rings (SSSR count). The van der Waals surface area contributed by atoms with Gasteiger partial charge in [0.15, 0.2) is 0 Å². The third-order valence-corrected chi connectivity index (χ3v) is 2.29. The average molecular weight is 207 g/mol. The molecule has 0 radical (unpaired) electrons. The predicted octanol–water partition coefficient (Wildman–Crippen LogP) is 1.90. The summed E-state index contributed by atoms with van der Waals surface area (Å²) < 4.78 is 13.5. The number of fused-ring (bicyclic) bond motifs is 1. The van der Waals surface area contributed by atoms with Crippen LogP contribution in [-0.2, 0) is 11.3 Å². The fourth-order valence-electron chi connectivity index (χ4n) is 1.58. The third-order valence-electron chi connectivity index (χ3n) is 2.29. The molecule has 4 heteroatoms. The van der Waals surface area contributed by atoms with Crippen LogP contribution in [-0.4, -0.2) is 18.1 Å². The van der Waals surface area contributed by atoms with Crippen molar-refractivity contribution in [3.8, 4) is 0 Å². The maximum absolute atomic E-state index is 13.5. The summed E-state index contributed by atoms with van der Waals surface area (Å²) in [6.45, 7) is 0. The van der Waals surface area contributed by atoms with E-state index < -0.39 is 11.7 Å². The molecule has 3 nitrogen and oxygen atoms in total. The molecule has 1 aliphatic heterocycles. The van der Waals surface area contributed by atoms with E-state index in [9.17, 15) is 9.18 Å². The van der Waals surface area contributed by atoms with Crippen molar-refractivity contribution in [2.24, 2.45) is 0 Å². The number of hydroxylamine groups is 2. The molecule has 0 N–H and O–H groups in total. The van der Waals surface area contributed by atoms with Gasteiger partial charge in [0, 0.05) is 6.20 Å². The van der Waals surface area contributed by atoms with Crippen LogP contribution in [0.5, 0.6) is 0 Å². The van der Waals surface area contributed by atoms with Crippen LogP contribution in [0.2, 0.25) is 0 Å². The van der Waals surface area contributed by atoms with E-state index in [0.717, 1.165) is 5.06 Å². The van der Waals surface area contributed by atoms with E-state index in [0.29, 0.717) is 12.0 Å². The summed E-state index contributed by atoms with van der Waals surface area (Å²) in [6.07, 6.45) is 3.78. The van der Waals surface area contributed by atoms with Crippen molar-refractivity contribution in [2.75, 3.05) is 7.11 Å². The summed E-state index contributed by atoms with van der Waals surface area (Å²) in [6, 6.07) is 4.60. The van der Waals surface area contributed by atoms with Gasteiger partial charge >= 0.3 is 0 Å².